The summed E-state index contributed by atoms with van der Waals surface area (Å²) >= 11 is 5.89. The van der Waals surface area contributed by atoms with Gasteiger partial charge in [-0.25, -0.2) is 4.79 Å². The summed E-state index contributed by atoms with van der Waals surface area (Å²) in [7, 11) is 0. The Hall–Kier alpha value is -1.80. The fourth-order valence-electron chi connectivity index (χ4n) is 1.51. The first-order valence-electron chi connectivity index (χ1n) is 5.19. The van der Waals surface area contributed by atoms with E-state index in [1.807, 2.05) is 25.1 Å². The summed E-state index contributed by atoms with van der Waals surface area (Å²) in [6.07, 6.45) is 0. The van der Waals surface area contributed by atoms with Crippen LogP contribution in [0, 0.1) is 6.92 Å². The quantitative estimate of drug-likeness (QED) is 0.594. The van der Waals surface area contributed by atoms with Gasteiger partial charge in [0.2, 0.25) is 0 Å². The summed E-state index contributed by atoms with van der Waals surface area (Å²) in [6.45, 7) is 1.88. The van der Waals surface area contributed by atoms with Gasteiger partial charge in [-0.2, -0.15) is 0 Å². The summed E-state index contributed by atoms with van der Waals surface area (Å²) in [4.78, 5) is 11.8. The second-order valence-electron chi connectivity index (χ2n) is 3.72. The number of benzene rings is 2. The van der Waals surface area contributed by atoms with Gasteiger partial charge in [0.25, 0.3) is 0 Å². The molecule has 2 rings (SSSR count). The molecular formula is C14H11ClO2. The molecule has 86 valence electrons. The second kappa shape index (κ2) is 5.02. The number of aryl methyl sites for hydroxylation is 1. The van der Waals surface area contributed by atoms with Crippen LogP contribution in [0.4, 0.5) is 0 Å². The van der Waals surface area contributed by atoms with Crippen molar-refractivity contribution in [1.29, 1.82) is 0 Å². The van der Waals surface area contributed by atoms with Gasteiger partial charge in [0.1, 0.15) is 5.75 Å². The highest BCUT2D eigenvalue weighted by Crippen LogP contribution is 2.17. The van der Waals surface area contributed by atoms with Crippen LogP contribution >= 0.6 is 11.6 Å². The summed E-state index contributed by atoms with van der Waals surface area (Å²) < 4.78 is 5.21. The van der Waals surface area contributed by atoms with Gasteiger partial charge in [-0.15, -0.1) is 0 Å². The predicted octanol–water partition coefficient (Wildman–Crippen LogP) is 3.87. The lowest BCUT2D eigenvalue weighted by Crippen LogP contribution is -2.08. The molecule has 0 atom stereocenters. The van der Waals surface area contributed by atoms with E-state index < -0.39 is 5.97 Å². The van der Waals surface area contributed by atoms with Gasteiger partial charge in [0.05, 0.1) is 5.56 Å². The maximum atomic E-state index is 11.8. The van der Waals surface area contributed by atoms with Crippen LogP contribution in [0.15, 0.2) is 48.5 Å². The molecule has 0 spiro atoms. The van der Waals surface area contributed by atoms with Crippen LogP contribution < -0.4 is 4.74 Å². The average Bonchev–Trinajstić information content (AvgIpc) is 2.29. The van der Waals surface area contributed by atoms with E-state index in [0.29, 0.717) is 16.3 Å². The zero-order valence-electron chi connectivity index (χ0n) is 9.31. The average molecular weight is 247 g/mol. The van der Waals surface area contributed by atoms with E-state index in [0.717, 1.165) is 5.56 Å². The standard InChI is InChI=1S/C14H11ClO2/c1-10-7-11(9-12(15)8-10)14(16)17-13-5-3-2-4-6-13/h2-9H,1H3. The lowest BCUT2D eigenvalue weighted by atomic mass is 10.1. The molecule has 3 heteroatoms. The van der Waals surface area contributed by atoms with E-state index in [4.69, 9.17) is 16.3 Å². The topological polar surface area (TPSA) is 26.3 Å². The Morgan fingerprint density at radius 1 is 1.12 bits per heavy atom. The smallest absolute Gasteiger partial charge is 0.343 e. The van der Waals surface area contributed by atoms with E-state index in [9.17, 15) is 4.79 Å². The molecule has 2 aromatic rings. The summed E-state index contributed by atoms with van der Waals surface area (Å²) in [6, 6.07) is 14.1. The van der Waals surface area contributed by atoms with Gasteiger partial charge < -0.3 is 4.74 Å². The minimum atomic E-state index is -0.401. The van der Waals surface area contributed by atoms with E-state index >= 15 is 0 Å². The Balaban J connectivity index is 2.20. The van der Waals surface area contributed by atoms with Crippen molar-refractivity contribution in [3.8, 4) is 5.75 Å². The minimum Gasteiger partial charge on any atom is -0.423 e. The maximum absolute atomic E-state index is 11.8. The molecule has 0 aliphatic rings. The third-order valence-electron chi connectivity index (χ3n) is 2.23. The van der Waals surface area contributed by atoms with Gasteiger partial charge in [0, 0.05) is 5.02 Å². The lowest BCUT2D eigenvalue weighted by molar-refractivity contribution is 0.0734. The number of rotatable bonds is 2. The third kappa shape index (κ3) is 3.08. The van der Waals surface area contributed by atoms with Crippen molar-refractivity contribution >= 4 is 17.6 Å². The van der Waals surface area contributed by atoms with Crippen LogP contribution in [0.2, 0.25) is 5.02 Å². The number of carbonyl (C=O) groups excluding carboxylic acids is 1. The van der Waals surface area contributed by atoms with Gasteiger partial charge in [-0.3, -0.25) is 0 Å². The van der Waals surface area contributed by atoms with Gasteiger partial charge in [-0.1, -0.05) is 29.8 Å². The number of para-hydroxylation sites is 1. The number of halogens is 1. The Bertz CT molecular complexity index is 515. The Labute approximate surface area is 105 Å². The SMILES string of the molecule is Cc1cc(Cl)cc(C(=O)Oc2ccccc2)c1. The van der Waals surface area contributed by atoms with Crippen molar-refractivity contribution in [2.45, 2.75) is 6.92 Å². The monoisotopic (exact) mass is 246 g/mol. The Morgan fingerprint density at radius 2 is 1.82 bits per heavy atom. The second-order valence-corrected chi connectivity index (χ2v) is 4.16. The van der Waals surface area contributed by atoms with Gasteiger partial charge >= 0.3 is 5.97 Å². The summed E-state index contributed by atoms with van der Waals surface area (Å²) in [5, 5.41) is 0.532. The van der Waals surface area contributed by atoms with E-state index in [1.165, 1.54) is 0 Å². The molecule has 0 radical (unpaired) electrons. The molecule has 0 N–H and O–H groups in total. The van der Waals surface area contributed by atoms with Crippen molar-refractivity contribution in [2.24, 2.45) is 0 Å². The van der Waals surface area contributed by atoms with Crippen LogP contribution in [0.25, 0.3) is 0 Å². The third-order valence-corrected chi connectivity index (χ3v) is 2.45. The van der Waals surface area contributed by atoms with Gasteiger partial charge in [0.15, 0.2) is 0 Å². The van der Waals surface area contributed by atoms with Crippen molar-refractivity contribution < 1.29 is 9.53 Å². The molecule has 0 heterocycles. The van der Waals surface area contributed by atoms with Crippen molar-refractivity contribution in [3.63, 3.8) is 0 Å². The maximum Gasteiger partial charge on any atom is 0.343 e. The van der Waals surface area contributed by atoms with E-state index in [2.05, 4.69) is 0 Å². The molecule has 0 aromatic heterocycles. The number of hydrogen-bond acceptors (Lipinski definition) is 2. The Morgan fingerprint density at radius 3 is 2.47 bits per heavy atom. The molecule has 0 aliphatic heterocycles. The zero-order valence-corrected chi connectivity index (χ0v) is 10.1. The number of hydrogen-bond donors (Lipinski definition) is 0. The molecule has 0 saturated heterocycles. The van der Waals surface area contributed by atoms with Crippen LogP contribution in [-0.2, 0) is 0 Å². The molecule has 0 aliphatic carbocycles. The van der Waals surface area contributed by atoms with Crippen molar-refractivity contribution in [1.82, 2.24) is 0 Å². The molecule has 2 aromatic carbocycles. The molecule has 0 saturated carbocycles. The highest BCUT2D eigenvalue weighted by Gasteiger charge is 2.09. The van der Waals surface area contributed by atoms with E-state index in [1.54, 1.807) is 30.3 Å². The molecular weight excluding hydrogens is 236 g/mol. The molecule has 0 unspecified atom stereocenters. The number of ether oxygens (including phenoxy) is 1. The van der Waals surface area contributed by atoms with Gasteiger partial charge in [-0.05, 0) is 42.8 Å². The summed E-state index contributed by atoms with van der Waals surface area (Å²) in [5.41, 5.74) is 1.39. The minimum absolute atomic E-state index is 0.401. The predicted molar refractivity (Wildman–Crippen MR) is 67.6 cm³/mol. The van der Waals surface area contributed by atoms with Crippen LogP contribution in [-0.4, -0.2) is 5.97 Å². The molecule has 0 amide bonds. The zero-order chi connectivity index (χ0) is 12.3. The highest BCUT2D eigenvalue weighted by atomic mass is 35.5. The molecule has 0 bridgehead atoms. The van der Waals surface area contributed by atoms with Crippen molar-refractivity contribution in [2.75, 3.05) is 0 Å². The molecule has 17 heavy (non-hydrogen) atoms. The van der Waals surface area contributed by atoms with Crippen molar-refractivity contribution in [3.05, 3.63) is 64.7 Å². The first-order valence-corrected chi connectivity index (χ1v) is 5.57. The fourth-order valence-corrected chi connectivity index (χ4v) is 1.80. The fraction of sp³-hybridized carbons (Fsp3) is 0.0714. The normalized spacial score (nSPS) is 10.0. The first kappa shape index (κ1) is 11.7. The number of esters is 1. The Kier molecular flexibility index (Phi) is 3.45. The number of carbonyl (C=O) groups is 1. The first-order chi connectivity index (χ1) is 8.15. The summed E-state index contributed by atoms with van der Waals surface area (Å²) in [5.74, 6) is 0.122. The van der Waals surface area contributed by atoms with Crippen LogP contribution in [0.5, 0.6) is 5.75 Å². The molecule has 0 fully saturated rings. The lowest BCUT2D eigenvalue weighted by Gasteiger charge is -2.05. The van der Waals surface area contributed by atoms with Crippen LogP contribution in [0.1, 0.15) is 15.9 Å². The highest BCUT2D eigenvalue weighted by molar-refractivity contribution is 6.31. The molecule has 2 nitrogen and oxygen atoms in total. The van der Waals surface area contributed by atoms with Crippen LogP contribution in [0.3, 0.4) is 0 Å². The van der Waals surface area contributed by atoms with E-state index in [-0.39, 0.29) is 0 Å². The largest absolute Gasteiger partial charge is 0.423 e.